The summed E-state index contributed by atoms with van der Waals surface area (Å²) in [5.41, 5.74) is -3.10. The lowest BCUT2D eigenvalue weighted by molar-refractivity contribution is -0.273. The number of allylic oxidation sites excluding steroid dienone is 4. The monoisotopic (exact) mass is 444 g/mol. The van der Waals surface area contributed by atoms with Crippen molar-refractivity contribution in [3.63, 3.8) is 0 Å². The molecule has 3 heterocycles. The quantitative estimate of drug-likeness (QED) is 0.685. The van der Waals surface area contributed by atoms with Crippen LogP contribution in [0.4, 0.5) is 22.0 Å². The molecule has 0 saturated carbocycles. The van der Waals surface area contributed by atoms with Crippen molar-refractivity contribution in [1.29, 1.82) is 0 Å². The molecule has 31 heavy (non-hydrogen) atoms. The maximum absolute atomic E-state index is 14.0. The first-order valence-corrected chi connectivity index (χ1v) is 9.44. The van der Waals surface area contributed by atoms with Crippen molar-refractivity contribution < 1.29 is 36.3 Å². The van der Waals surface area contributed by atoms with Crippen molar-refractivity contribution in [2.24, 2.45) is 5.92 Å². The molecular formula is C19H17F5N4O3. The zero-order chi connectivity index (χ0) is 22.6. The summed E-state index contributed by atoms with van der Waals surface area (Å²) in [6.45, 7) is 0.453. The van der Waals surface area contributed by atoms with E-state index < -0.39 is 58.7 Å². The van der Waals surface area contributed by atoms with Gasteiger partial charge in [-0.1, -0.05) is 0 Å². The summed E-state index contributed by atoms with van der Waals surface area (Å²) in [4.78, 5) is 32.5. The number of nitrogens with one attached hydrogen (secondary N) is 2. The Morgan fingerprint density at radius 2 is 2.06 bits per heavy atom. The van der Waals surface area contributed by atoms with Crippen molar-refractivity contribution in [3.8, 4) is 0 Å². The molecule has 3 aliphatic rings. The standard InChI is InChI=1S/C19H17F5N4O3/c1-18(19(22,23)24)14-9(7-31-18)6-25-15(28-14)17(30)26-12-3-2-8-4-10(20)5-11(21)13(8)27-16(12)29/h5-6,8,12H,2-4,7H2,1H3,(H,26,30)(H,27,29)/t8?,12-,18+/m0/s1. The highest BCUT2D eigenvalue weighted by molar-refractivity contribution is 5.95. The van der Waals surface area contributed by atoms with Gasteiger partial charge in [0.25, 0.3) is 5.91 Å². The number of hydrogen-bond donors (Lipinski definition) is 2. The van der Waals surface area contributed by atoms with Crippen molar-refractivity contribution in [1.82, 2.24) is 20.6 Å². The number of fused-ring (bicyclic) bond motifs is 2. The topological polar surface area (TPSA) is 93.2 Å². The van der Waals surface area contributed by atoms with Gasteiger partial charge >= 0.3 is 6.18 Å². The summed E-state index contributed by atoms with van der Waals surface area (Å²) < 4.78 is 72.7. The molecule has 1 saturated heterocycles. The predicted molar refractivity (Wildman–Crippen MR) is 94.3 cm³/mol. The molecule has 1 fully saturated rings. The second-order valence-corrected chi connectivity index (χ2v) is 7.73. The molecule has 2 amide bonds. The Bertz CT molecular complexity index is 1020. The van der Waals surface area contributed by atoms with Gasteiger partial charge < -0.3 is 15.4 Å². The third-order valence-electron chi connectivity index (χ3n) is 5.65. The van der Waals surface area contributed by atoms with E-state index in [0.29, 0.717) is 6.08 Å². The van der Waals surface area contributed by atoms with E-state index in [4.69, 9.17) is 4.74 Å². The smallest absolute Gasteiger partial charge is 0.355 e. The molecular weight excluding hydrogens is 427 g/mol. The van der Waals surface area contributed by atoms with Crippen molar-refractivity contribution in [3.05, 3.63) is 46.7 Å². The van der Waals surface area contributed by atoms with Gasteiger partial charge in [-0.25, -0.2) is 18.7 Å². The highest BCUT2D eigenvalue weighted by atomic mass is 19.4. The number of carbonyl (C=O) groups excluding carboxylic acids is 2. The lowest BCUT2D eigenvalue weighted by Crippen LogP contribution is -2.46. The van der Waals surface area contributed by atoms with Crippen LogP contribution < -0.4 is 10.6 Å². The number of aromatic nitrogens is 2. The highest BCUT2D eigenvalue weighted by Gasteiger charge is 2.58. The van der Waals surface area contributed by atoms with Crippen molar-refractivity contribution >= 4 is 11.8 Å². The van der Waals surface area contributed by atoms with Crippen LogP contribution in [0.1, 0.15) is 48.1 Å². The van der Waals surface area contributed by atoms with E-state index in [1.54, 1.807) is 0 Å². The zero-order valence-corrected chi connectivity index (χ0v) is 16.1. The van der Waals surface area contributed by atoms with Gasteiger partial charge in [-0.05, 0) is 19.8 Å². The molecule has 0 spiro atoms. The SMILES string of the molecule is C[C@@]1(C(F)(F)F)OCc2cnc(C(=O)N[C@H]3CCC4CC(F)=CC(F)=C4NC3=O)nc21. The summed E-state index contributed by atoms with van der Waals surface area (Å²) in [5.74, 6) is -4.37. The molecule has 0 aromatic carbocycles. The molecule has 1 aromatic heterocycles. The number of alkyl halides is 3. The van der Waals surface area contributed by atoms with E-state index in [1.165, 1.54) is 0 Å². The molecule has 2 aliphatic heterocycles. The van der Waals surface area contributed by atoms with E-state index in [0.717, 1.165) is 13.1 Å². The van der Waals surface area contributed by atoms with Gasteiger partial charge in [0.2, 0.25) is 17.3 Å². The number of rotatable bonds is 2. The number of amides is 2. The fourth-order valence-corrected chi connectivity index (χ4v) is 3.84. The summed E-state index contributed by atoms with van der Waals surface area (Å²) in [7, 11) is 0. The Labute approximate surface area is 172 Å². The van der Waals surface area contributed by atoms with Crippen molar-refractivity contribution in [2.45, 2.75) is 50.6 Å². The van der Waals surface area contributed by atoms with Crippen LogP contribution in [0.15, 0.2) is 29.6 Å². The summed E-state index contributed by atoms with van der Waals surface area (Å²) in [6, 6.07) is -1.12. The molecule has 3 atom stereocenters. The van der Waals surface area contributed by atoms with Crippen LogP contribution in [-0.4, -0.2) is 34.0 Å². The van der Waals surface area contributed by atoms with Gasteiger partial charge in [0.05, 0.1) is 18.0 Å². The van der Waals surface area contributed by atoms with Crippen molar-refractivity contribution in [2.75, 3.05) is 0 Å². The summed E-state index contributed by atoms with van der Waals surface area (Å²) >= 11 is 0. The van der Waals surface area contributed by atoms with Crippen LogP contribution in [0.2, 0.25) is 0 Å². The van der Waals surface area contributed by atoms with Gasteiger partial charge in [0.1, 0.15) is 17.7 Å². The van der Waals surface area contributed by atoms with Gasteiger partial charge in [-0.3, -0.25) is 9.59 Å². The number of ether oxygens (including phenoxy) is 1. The second kappa shape index (κ2) is 7.36. The minimum Gasteiger partial charge on any atom is -0.355 e. The minimum absolute atomic E-state index is 0.0463. The lowest BCUT2D eigenvalue weighted by atomic mass is 9.91. The fourth-order valence-electron chi connectivity index (χ4n) is 3.84. The largest absolute Gasteiger partial charge is 0.422 e. The molecule has 1 unspecified atom stereocenters. The molecule has 1 aliphatic carbocycles. The number of carbonyl (C=O) groups is 2. The third kappa shape index (κ3) is 3.68. The first kappa shape index (κ1) is 21.3. The number of nitrogens with zero attached hydrogens (tertiary/aromatic N) is 2. The lowest BCUT2D eigenvalue weighted by Gasteiger charge is -2.26. The molecule has 2 N–H and O–H groups in total. The molecule has 1 aromatic rings. The van der Waals surface area contributed by atoms with Crippen LogP contribution in [0.5, 0.6) is 0 Å². The van der Waals surface area contributed by atoms with Gasteiger partial charge in [0.15, 0.2) is 0 Å². The van der Waals surface area contributed by atoms with Gasteiger partial charge in [0, 0.05) is 30.2 Å². The van der Waals surface area contributed by atoms with E-state index in [2.05, 4.69) is 20.6 Å². The van der Waals surface area contributed by atoms with Crippen LogP contribution >= 0.6 is 0 Å². The number of hydrogen-bond acceptors (Lipinski definition) is 5. The molecule has 7 nitrogen and oxygen atoms in total. The van der Waals surface area contributed by atoms with E-state index in [-0.39, 0.29) is 37.1 Å². The van der Waals surface area contributed by atoms with Gasteiger partial charge in [-0.15, -0.1) is 0 Å². The molecule has 0 radical (unpaired) electrons. The third-order valence-corrected chi connectivity index (χ3v) is 5.65. The minimum atomic E-state index is -4.76. The first-order valence-electron chi connectivity index (χ1n) is 9.44. The molecule has 12 heteroatoms. The Morgan fingerprint density at radius 1 is 1.32 bits per heavy atom. The molecule has 4 rings (SSSR count). The molecule has 166 valence electrons. The number of halogens is 5. The van der Waals surface area contributed by atoms with Crippen LogP contribution in [0.25, 0.3) is 0 Å². The summed E-state index contributed by atoms with van der Waals surface area (Å²) in [6.07, 6.45) is -2.79. The fraction of sp³-hybridized carbons (Fsp3) is 0.474. The Morgan fingerprint density at radius 3 is 2.77 bits per heavy atom. The molecule has 0 bridgehead atoms. The average molecular weight is 444 g/mol. The normalized spacial score (nSPS) is 28.3. The van der Waals surface area contributed by atoms with Crippen LogP contribution in [0.3, 0.4) is 0 Å². The maximum atomic E-state index is 14.0. The van der Waals surface area contributed by atoms with E-state index in [1.807, 2.05) is 0 Å². The van der Waals surface area contributed by atoms with E-state index >= 15 is 0 Å². The predicted octanol–water partition coefficient (Wildman–Crippen LogP) is 2.85. The average Bonchev–Trinajstić information content (AvgIpc) is 2.96. The summed E-state index contributed by atoms with van der Waals surface area (Å²) in [5, 5.41) is 4.73. The Kier molecular flexibility index (Phi) is 5.07. The maximum Gasteiger partial charge on any atom is 0.422 e. The first-order chi connectivity index (χ1) is 14.5. The van der Waals surface area contributed by atoms with Crippen LogP contribution in [0, 0.1) is 5.92 Å². The van der Waals surface area contributed by atoms with Gasteiger partial charge in [-0.2, -0.15) is 13.2 Å². The highest BCUT2D eigenvalue weighted by Crippen LogP contribution is 2.46. The van der Waals surface area contributed by atoms with E-state index in [9.17, 15) is 31.5 Å². The van der Waals surface area contributed by atoms with Crippen LogP contribution in [-0.2, 0) is 21.7 Å². The Balaban J connectivity index is 1.53. The second-order valence-electron chi connectivity index (χ2n) is 7.73. The Hall–Kier alpha value is -2.89. The zero-order valence-electron chi connectivity index (χ0n) is 16.1.